The summed E-state index contributed by atoms with van der Waals surface area (Å²) in [5, 5.41) is 43.3. The highest BCUT2D eigenvalue weighted by atomic mass is 16.5. The van der Waals surface area contributed by atoms with E-state index in [4.69, 9.17) is 9.47 Å². The van der Waals surface area contributed by atoms with Crippen molar-refractivity contribution in [3.63, 3.8) is 0 Å². The molecule has 0 radical (unpaired) electrons. The minimum absolute atomic E-state index is 0.0822. The normalized spacial score (nSPS) is 24.2. The van der Waals surface area contributed by atoms with Gasteiger partial charge in [0.15, 0.2) is 11.5 Å². The third kappa shape index (κ3) is 2.66. The molecule has 1 saturated heterocycles. The second-order valence-electron chi connectivity index (χ2n) is 6.17. The molecule has 8 heteroatoms. The van der Waals surface area contributed by atoms with Crippen LogP contribution in [0.3, 0.4) is 0 Å². The number of hydrogen-bond acceptors (Lipinski definition) is 7. The highest BCUT2D eigenvalue weighted by molar-refractivity contribution is 5.81. The number of aliphatic hydroxyl groups is 1. The molecular formula is C16H21NO7. The minimum atomic E-state index is -1.28. The molecule has 5 N–H and O–H groups in total. The number of rotatable bonds is 4. The van der Waals surface area contributed by atoms with Crippen LogP contribution in [-0.2, 0) is 4.79 Å². The monoisotopic (exact) mass is 339 g/mol. The highest BCUT2D eigenvalue weighted by Crippen LogP contribution is 2.56. The van der Waals surface area contributed by atoms with Gasteiger partial charge in [0.1, 0.15) is 6.23 Å². The van der Waals surface area contributed by atoms with E-state index in [1.807, 2.05) is 0 Å². The second-order valence-corrected chi connectivity index (χ2v) is 6.17. The quantitative estimate of drug-likeness (QED) is 0.410. The topological polar surface area (TPSA) is 128 Å². The zero-order valence-electron chi connectivity index (χ0n) is 13.3. The molecule has 1 aliphatic carbocycles. The third-order valence-corrected chi connectivity index (χ3v) is 4.63. The van der Waals surface area contributed by atoms with E-state index in [-0.39, 0.29) is 29.6 Å². The predicted octanol–water partition coefficient (Wildman–Crippen LogP) is 1.06. The number of phenolic OH excluding ortho intramolecular Hbond substituents is 3. The van der Waals surface area contributed by atoms with Gasteiger partial charge in [0.05, 0.1) is 18.8 Å². The molecule has 132 valence electrons. The van der Waals surface area contributed by atoms with E-state index in [1.165, 1.54) is 7.11 Å². The first-order chi connectivity index (χ1) is 11.4. The maximum absolute atomic E-state index is 11.5. The number of nitrogens with one attached hydrogen (secondary N) is 1. The van der Waals surface area contributed by atoms with Gasteiger partial charge in [-0.1, -0.05) is 0 Å². The Bertz CT molecular complexity index is 655. The third-order valence-electron chi connectivity index (χ3n) is 4.63. The number of phenols is 3. The van der Waals surface area contributed by atoms with Gasteiger partial charge in [-0.05, 0) is 25.7 Å². The van der Waals surface area contributed by atoms with Gasteiger partial charge in [0.25, 0.3) is 0 Å². The Hall–Kier alpha value is -2.35. The van der Waals surface area contributed by atoms with Crippen molar-refractivity contribution in [1.29, 1.82) is 0 Å². The number of benzene rings is 1. The van der Waals surface area contributed by atoms with E-state index in [0.717, 1.165) is 25.7 Å². The molecule has 1 saturated carbocycles. The van der Waals surface area contributed by atoms with Gasteiger partial charge in [-0.3, -0.25) is 4.79 Å². The number of amides is 1. The van der Waals surface area contributed by atoms with Gasteiger partial charge >= 0.3 is 0 Å². The lowest BCUT2D eigenvalue weighted by atomic mass is 9.93. The fraction of sp³-hybridized carbons (Fsp3) is 0.562. The average Bonchev–Trinajstić information content (AvgIpc) is 3.15. The van der Waals surface area contributed by atoms with Gasteiger partial charge in [0.2, 0.25) is 23.2 Å². The fourth-order valence-electron chi connectivity index (χ4n) is 3.40. The first-order valence-corrected chi connectivity index (χ1v) is 7.92. The van der Waals surface area contributed by atoms with E-state index in [2.05, 4.69) is 5.32 Å². The van der Waals surface area contributed by atoms with Crippen LogP contribution in [0, 0.1) is 0 Å². The summed E-state index contributed by atoms with van der Waals surface area (Å²) in [6.45, 7) is 0. The Morgan fingerprint density at radius 3 is 2.25 bits per heavy atom. The maximum atomic E-state index is 11.5. The smallest absolute Gasteiger partial charge is 0.222 e. The molecule has 8 nitrogen and oxygen atoms in total. The van der Waals surface area contributed by atoms with Gasteiger partial charge in [-0.15, -0.1) is 0 Å². The van der Waals surface area contributed by atoms with E-state index in [1.54, 1.807) is 0 Å². The molecule has 2 aliphatic rings. The lowest BCUT2D eigenvalue weighted by molar-refractivity contribution is -0.120. The molecule has 2 fully saturated rings. The van der Waals surface area contributed by atoms with E-state index < -0.39 is 35.3 Å². The summed E-state index contributed by atoms with van der Waals surface area (Å²) in [6.07, 6.45) is 2.10. The average molecular weight is 339 g/mol. The SMILES string of the molecule is COc1c(O)c(O)c(C2CC(=O)NC2O)c(O)c1OC1CCCC1. The predicted molar refractivity (Wildman–Crippen MR) is 82.4 cm³/mol. The van der Waals surface area contributed by atoms with Crippen molar-refractivity contribution >= 4 is 5.91 Å². The van der Waals surface area contributed by atoms with Crippen molar-refractivity contribution < 1.29 is 34.7 Å². The Balaban J connectivity index is 2.08. The Morgan fingerprint density at radius 2 is 1.71 bits per heavy atom. The van der Waals surface area contributed by atoms with Crippen LogP contribution in [0.5, 0.6) is 28.7 Å². The number of carbonyl (C=O) groups is 1. The molecule has 1 aliphatic heterocycles. The second kappa shape index (κ2) is 6.27. The number of methoxy groups -OCH3 is 1. The van der Waals surface area contributed by atoms with Crippen molar-refractivity contribution in [2.24, 2.45) is 0 Å². The summed E-state index contributed by atoms with van der Waals surface area (Å²) < 4.78 is 10.9. The number of ether oxygens (including phenoxy) is 2. The molecule has 1 heterocycles. The molecule has 1 aromatic carbocycles. The van der Waals surface area contributed by atoms with Crippen LogP contribution in [0.15, 0.2) is 0 Å². The molecule has 1 amide bonds. The zero-order valence-corrected chi connectivity index (χ0v) is 13.3. The molecule has 24 heavy (non-hydrogen) atoms. The van der Waals surface area contributed by atoms with Crippen LogP contribution >= 0.6 is 0 Å². The van der Waals surface area contributed by atoms with Crippen molar-refractivity contribution in [3.8, 4) is 28.7 Å². The van der Waals surface area contributed by atoms with Crippen LogP contribution in [0.4, 0.5) is 0 Å². The Morgan fingerprint density at radius 1 is 1.04 bits per heavy atom. The molecule has 2 unspecified atom stereocenters. The number of hydrogen-bond donors (Lipinski definition) is 5. The maximum Gasteiger partial charge on any atom is 0.222 e. The van der Waals surface area contributed by atoms with Gasteiger partial charge in [-0.25, -0.2) is 0 Å². The van der Waals surface area contributed by atoms with Crippen LogP contribution < -0.4 is 14.8 Å². The number of carbonyl (C=O) groups excluding carboxylic acids is 1. The summed E-state index contributed by atoms with van der Waals surface area (Å²) >= 11 is 0. The van der Waals surface area contributed by atoms with Crippen LogP contribution in [0.25, 0.3) is 0 Å². The fourth-order valence-corrected chi connectivity index (χ4v) is 3.40. The summed E-state index contributed by atoms with van der Waals surface area (Å²) in [5.74, 6) is -3.24. The van der Waals surface area contributed by atoms with Gasteiger partial charge in [-0.2, -0.15) is 0 Å². The Kier molecular flexibility index (Phi) is 4.31. The summed E-state index contributed by atoms with van der Waals surface area (Å²) in [5.41, 5.74) is -0.132. The van der Waals surface area contributed by atoms with Crippen molar-refractivity contribution in [2.75, 3.05) is 7.11 Å². The molecular weight excluding hydrogens is 318 g/mol. The van der Waals surface area contributed by atoms with E-state index in [9.17, 15) is 25.2 Å². The van der Waals surface area contributed by atoms with Crippen molar-refractivity contribution in [2.45, 2.75) is 50.4 Å². The van der Waals surface area contributed by atoms with Crippen LogP contribution in [0.1, 0.15) is 43.6 Å². The highest BCUT2D eigenvalue weighted by Gasteiger charge is 2.39. The molecule has 2 atom stereocenters. The summed E-state index contributed by atoms with van der Waals surface area (Å²) in [6, 6.07) is 0. The van der Waals surface area contributed by atoms with E-state index >= 15 is 0 Å². The number of aromatic hydroxyl groups is 3. The molecule has 0 spiro atoms. The molecule has 1 aromatic rings. The first-order valence-electron chi connectivity index (χ1n) is 7.92. The van der Waals surface area contributed by atoms with Gasteiger partial charge < -0.3 is 35.2 Å². The standard InChI is InChI=1S/C16H21NO7/c1-23-14-13(21)11(19)10(8-6-9(18)17-16(8)22)12(20)15(14)24-7-4-2-3-5-7/h7-8,16,19-22H,2-6H2,1H3,(H,17,18). The lowest BCUT2D eigenvalue weighted by Crippen LogP contribution is -2.27. The molecule has 0 bridgehead atoms. The summed E-state index contributed by atoms with van der Waals surface area (Å²) in [7, 11) is 1.28. The van der Waals surface area contributed by atoms with Gasteiger partial charge in [0, 0.05) is 12.3 Å². The first kappa shape index (κ1) is 16.5. The van der Waals surface area contributed by atoms with Crippen LogP contribution in [-0.4, -0.2) is 45.8 Å². The summed E-state index contributed by atoms with van der Waals surface area (Å²) in [4.78, 5) is 11.5. The zero-order chi connectivity index (χ0) is 17.4. The van der Waals surface area contributed by atoms with Crippen molar-refractivity contribution in [3.05, 3.63) is 5.56 Å². The Labute approximate surface area is 138 Å². The van der Waals surface area contributed by atoms with Crippen molar-refractivity contribution in [1.82, 2.24) is 5.32 Å². The van der Waals surface area contributed by atoms with Crippen LogP contribution in [0.2, 0.25) is 0 Å². The molecule has 0 aromatic heterocycles. The molecule has 3 rings (SSSR count). The lowest BCUT2D eigenvalue weighted by Gasteiger charge is -2.23. The minimum Gasteiger partial charge on any atom is -0.504 e. The number of aliphatic hydroxyl groups excluding tert-OH is 1. The largest absolute Gasteiger partial charge is 0.504 e. The van der Waals surface area contributed by atoms with E-state index in [0.29, 0.717) is 0 Å².